The van der Waals surface area contributed by atoms with Crippen LogP contribution in [0.15, 0.2) is 30.6 Å². The minimum absolute atomic E-state index is 0.215. The van der Waals surface area contributed by atoms with Gasteiger partial charge in [0.15, 0.2) is 5.13 Å². The summed E-state index contributed by atoms with van der Waals surface area (Å²) in [5, 5.41) is 17.4. The molecule has 0 spiro atoms. The van der Waals surface area contributed by atoms with Crippen molar-refractivity contribution in [3.8, 4) is 17.2 Å². The summed E-state index contributed by atoms with van der Waals surface area (Å²) >= 11 is 1.49. The minimum atomic E-state index is -0.215. The number of hydrogen-bond acceptors (Lipinski definition) is 6. The highest BCUT2D eigenvalue weighted by molar-refractivity contribution is 7.22. The van der Waals surface area contributed by atoms with Crippen LogP contribution in [0.3, 0.4) is 0 Å². The molecule has 3 heterocycles. The lowest BCUT2D eigenvalue weighted by molar-refractivity contribution is 0.160. The van der Waals surface area contributed by atoms with E-state index in [4.69, 9.17) is 11.0 Å². The lowest BCUT2D eigenvalue weighted by Gasteiger charge is -2.41. The van der Waals surface area contributed by atoms with Gasteiger partial charge in [0.2, 0.25) is 0 Å². The fourth-order valence-electron chi connectivity index (χ4n) is 2.84. The Balaban J connectivity index is 1.79. The first-order chi connectivity index (χ1) is 10.7. The third-order valence-corrected chi connectivity index (χ3v) is 5.06. The number of aromatic nitrogens is 3. The number of benzene rings is 1. The molecule has 1 aliphatic heterocycles. The van der Waals surface area contributed by atoms with Crippen LogP contribution in [0.1, 0.15) is 6.42 Å². The van der Waals surface area contributed by atoms with E-state index in [0.29, 0.717) is 11.6 Å². The van der Waals surface area contributed by atoms with Gasteiger partial charge in [-0.3, -0.25) is 4.68 Å². The van der Waals surface area contributed by atoms with Crippen molar-refractivity contribution in [3.63, 3.8) is 0 Å². The van der Waals surface area contributed by atoms with Crippen molar-refractivity contribution in [3.05, 3.63) is 30.6 Å². The minimum Gasteiger partial charge on any atom is -0.375 e. The van der Waals surface area contributed by atoms with Crippen molar-refractivity contribution in [2.75, 3.05) is 18.8 Å². The Bertz CT molecular complexity index is 883. The number of rotatable bonds is 3. The van der Waals surface area contributed by atoms with E-state index in [1.165, 1.54) is 11.3 Å². The summed E-state index contributed by atoms with van der Waals surface area (Å²) in [4.78, 5) is 4.33. The molecule has 4 rings (SSSR count). The maximum Gasteiger partial charge on any atom is 0.181 e. The second kappa shape index (κ2) is 4.80. The zero-order valence-electron chi connectivity index (χ0n) is 11.8. The van der Waals surface area contributed by atoms with E-state index < -0.39 is 0 Å². The highest BCUT2D eigenvalue weighted by atomic mass is 32.1. The molecular weight excluding hydrogens is 296 g/mol. The monoisotopic (exact) mass is 310 g/mol. The SMILES string of the molecule is N#CCC1(n2cc(-c3cccc4nc(N)sc34)cn2)CNC1. The molecule has 1 fully saturated rings. The van der Waals surface area contributed by atoms with Crippen LogP contribution in [-0.2, 0) is 5.54 Å². The van der Waals surface area contributed by atoms with Crippen molar-refractivity contribution in [1.29, 1.82) is 5.26 Å². The smallest absolute Gasteiger partial charge is 0.181 e. The molecule has 22 heavy (non-hydrogen) atoms. The average molecular weight is 310 g/mol. The van der Waals surface area contributed by atoms with Crippen LogP contribution >= 0.6 is 11.3 Å². The van der Waals surface area contributed by atoms with Gasteiger partial charge in [-0.25, -0.2) is 4.98 Å². The summed E-state index contributed by atoms with van der Waals surface area (Å²) in [6.07, 6.45) is 4.32. The Morgan fingerprint density at radius 3 is 3.05 bits per heavy atom. The van der Waals surface area contributed by atoms with E-state index in [1.807, 2.05) is 29.2 Å². The normalized spacial score (nSPS) is 16.3. The van der Waals surface area contributed by atoms with Gasteiger partial charge in [0, 0.05) is 30.4 Å². The van der Waals surface area contributed by atoms with E-state index in [9.17, 15) is 0 Å². The second-order valence-corrected chi connectivity index (χ2v) is 6.57. The molecule has 7 heteroatoms. The van der Waals surface area contributed by atoms with Crippen LogP contribution < -0.4 is 11.1 Å². The van der Waals surface area contributed by atoms with Crippen molar-refractivity contribution < 1.29 is 0 Å². The lowest BCUT2D eigenvalue weighted by Crippen LogP contribution is -2.60. The van der Waals surface area contributed by atoms with Gasteiger partial charge in [0.25, 0.3) is 0 Å². The molecule has 0 unspecified atom stereocenters. The Kier molecular flexibility index (Phi) is 2.89. The molecule has 110 valence electrons. The van der Waals surface area contributed by atoms with Crippen LogP contribution in [0.5, 0.6) is 0 Å². The summed E-state index contributed by atoms with van der Waals surface area (Å²) in [6, 6.07) is 8.26. The van der Waals surface area contributed by atoms with E-state index in [-0.39, 0.29) is 5.54 Å². The van der Waals surface area contributed by atoms with Crippen molar-refractivity contribution in [2.24, 2.45) is 0 Å². The van der Waals surface area contributed by atoms with Gasteiger partial charge in [-0.1, -0.05) is 23.5 Å². The van der Waals surface area contributed by atoms with Crippen molar-refractivity contribution >= 4 is 26.7 Å². The van der Waals surface area contributed by atoms with Crippen LogP contribution in [0, 0.1) is 11.3 Å². The number of nitrogens with two attached hydrogens (primary N) is 1. The van der Waals surface area contributed by atoms with Crippen molar-refractivity contribution in [1.82, 2.24) is 20.1 Å². The molecule has 3 aromatic rings. The second-order valence-electron chi connectivity index (χ2n) is 5.54. The molecular formula is C15H14N6S. The van der Waals surface area contributed by atoms with Crippen LogP contribution in [-0.4, -0.2) is 27.9 Å². The summed E-state index contributed by atoms with van der Waals surface area (Å²) in [6.45, 7) is 1.55. The van der Waals surface area contributed by atoms with Gasteiger partial charge in [0.05, 0.1) is 28.9 Å². The first kappa shape index (κ1) is 13.2. The molecule has 0 bridgehead atoms. The first-order valence-corrected chi connectivity index (χ1v) is 7.82. The van der Waals surface area contributed by atoms with Gasteiger partial charge in [-0.2, -0.15) is 10.4 Å². The van der Waals surface area contributed by atoms with Gasteiger partial charge in [-0.05, 0) is 6.07 Å². The number of nitriles is 1. The molecule has 2 aromatic heterocycles. The molecule has 0 amide bonds. The Morgan fingerprint density at radius 1 is 1.45 bits per heavy atom. The Hall–Kier alpha value is -2.43. The summed E-state index contributed by atoms with van der Waals surface area (Å²) in [5.41, 5.74) is 8.62. The topological polar surface area (TPSA) is 92.5 Å². The molecule has 0 aliphatic carbocycles. The van der Waals surface area contributed by atoms with Crippen LogP contribution in [0.25, 0.3) is 21.3 Å². The molecule has 0 atom stereocenters. The standard InChI is InChI=1S/C15H14N6S/c16-5-4-15(8-18-9-15)21-7-10(6-19-21)11-2-1-3-12-13(11)22-14(17)20-12/h1-3,6-7,18H,4,8-9H2,(H2,17,20). The maximum atomic E-state index is 9.06. The van der Waals surface area contributed by atoms with Crippen molar-refractivity contribution in [2.45, 2.75) is 12.0 Å². The average Bonchev–Trinajstić information content (AvgIpc) is 3.07. The quantitative estimate of drug-likeness (QED) is 0.771. The molecule has 0 saturated carbocycles. The molecule has 1 aliphatic rings. The van der Waals surface area contributed by atoms with E-state index in [0.717, 1.165) is 34.4 Å². The van der Waals surface area contributed by atoms with Gasteiger partial charge in [0.1, 0.15) is 5.54 Å². The summed E-state index contributed by atoms with van der Waals surface area (Å²) in [5.74, 6) is 0. The zero-order valence-corrected chi connectivity index (χ0v) is 12.6. The fraction of sp³-hybridized carbons (Fsp3) is 0.267. The van der Waals surface area contributed by atoms with Crippen LogP contribution in [0.2, 0.25) is 0 Å². The lowest BCUT2D eigenvalue weighted by atomic mass is 9.89. The predicted molar refractivity (Wildman–Crippen MR) is 86.3 cm³/mol. The van der Waals surface area contributed by atoms with Gasteiger partial charge >= 0.3 is 0 Å². The highest BCUT2D eigenvalue weighted by Crippen LogP contribution is 2.35. The number of nitrogens with one attached hydrogen (secondary N) is 1. The largest absolute Gasteiger partial charge is 0.375 e. The number of anilines is 1. The number of hydrogen-bond donors (Lipinski definition) is 2. The van der Waals surface area contributed by atoms with E-state index in [1.54, 1.807) is 0 Å². The number of fused-ring (bicyclic) bond motifs is 1. The predicted octanol–water partition coefficient (Wildman–Crippen LogP) is 1.95. The highest BCUT2D eigenvalue weighted by Gasteiger charge is 2.39. The maximum absolute atomic E-state index is 9.06. The Morgan fingerprint density at radius 2 is 2.32 bits per heavy atom. The molecule has 1 saturated heterocycles. The molecule has 0 radical (unpaired) electrons. The van der Waals surface area contributed by atoms with Crippen LogP contribution in [0.4, 0.5) is 5.13 Å². The summed E-state index contributed by atoms with van der Waals surface area (Å²) < 4.78 is 2.99. The van der Waals surface area contributed by atoms with E-state index >= 15 is 0 Å². The third kappa shape index (κ3) is 1.89. The van der Waals surface area contributed by atoms with Gasteiger partial charge < -0.3 is 11.1 Å². The number of nitrogens with zero attached hydrogens (tertiary/aromatic N) is 4. The Labute approximate surface area is 131 Å². The molecule has 3 N–H and O–H groups in total. The summed E-state index contributed by atoms with van der Waals surface area (Å²) in [7, 11) is 0. The number of thiazole rings is 1. The third-order valence-electron chi connectivity index (χ3n) is 4.13. The first-order valence-electron chi connectivity index (χ1n) is 7.00. The molecule has 1 aromatic carbocycles. The zero-order chi connectivity index (χ0) is 15.2. The number of nitrogen functional groups attached to an aromatic ring is 1. The van der Waals surface area contributed by atoms with Gasteiger partial charge in [-0.15, -0.1) is 0 Å². The fourth-order valence-corrected chi connectivity index (χ4v) is 3.71. The molecule has 6 nitrogen and oxygen atoms in total. The van der Waals surface area contributed by atoms with E-state index in [2.05, 4.69) is 27.5 Å².